The number of alkyl halides is 3. The summed E-state index contributed by atoms with van der Waals surface area (Å²) >= 11 is 11.8. The fraction of sp³-hybridized carbons (Fsp3) is 0.150. The topological polar surface area (TPSA) is 108 Å². The lowest BCUT2D eigenvalue weighted by atomic mass is 10.1. The van der Waals surface area contributed by atoms with Crippen molar-refractivity contribution in [1.29, 1.82) is 0 Å². The lowest BCUT2D eigenvalue weighted by molar-refractivity contribution is -0.137. The molecular weight excluding hydrogens is 474 g/mol. The van der Waals surface area contributed by atoms with Crippen molar-refractivity contribution >= 4 is 34.8 Å². The van der Waals surface area contributed by atoms with E-state index in [-0.39, 0.29) is 28.1 Å². The molecule has 0 aliphatic rings. The minimum atomic E-state index is -4.61. The van der Waals surface area contributed by atoms with E-state index in [0.29, 0.717) is 5.56 Å². The Hall–Kier alpha value is -3.10. The molecule has 0 radical (unpaired) electrons. The van der Waals surface area contributed by atoms with Crippen molar-refractivity contribution in [2.75, 3.05) is 11.9 Å². The largest absolute Gasteiger partial charge is 0.418 e. The second kappa shape index (κ2) is 9.58. The van der Waals surface area contributed by atoms with Crippen LogP contribution in [0.15, 0.2) is 40.8 Å². The van der Waals surface area contributed by atoms with Crippen molar-refractivity contribution in [3.05, 3.63) is 63.5 Å². The molecule has 0 spiro atoms. The van der Waals surface area contributed by atoms with E-state index >= 15 is 0 Å². The molecule has 0 fully saturated rings. The van der Waals surface area contributed by atoms with Crippen LogP contribution in [0.5, 0.6) is 0 Å². The summed E-state index contributed by atoms with van der Waals surface area (Å²) in [6.07, 6.45) is -5.92. The molecule has 3 rings (SSSR count). The first-order valence-corrected chi connectivity index (χ1v) is 9.46. The number of nitrogens with zero attached hydrogens (tertiary/aromatic N) is 2. The molecule has 3 N–H and O–H groups in total. The van der Waals surface area contributed by atoms with E-state index in [1.165, 1.54) is 18.2 Å². The van der Waals surface area contributed by atoms with E-state index < -0.39 is 35.4 Å². The minimum Gasteiger partial charge on any atom is -0.418 e. The Morgan fingerprint density at radius 2 is 1.91 bits per heavy atom. The van der Waals surface area contributed by atoms with Crippen LogP contribution in [0.4, 0.5) is 18.9 Å². The highest BCUT2D eigenvalue weighted by molar-refractivity contribution is 6.32. The van der Waals surface area contributed by atoms with Gasteiger partial charge in [-0.25, -0.2) is 0 Å². The average molecular weight is 486 g/mol. The number of nitrogens with one attached hydrogen (secondary N) is 1. The summed E-state index contributed by atoms with van der Waals surface area (Å²) in [5.41, 5.74) is -0.283. The minimum absolute atomic E-state index is 0.0426. The van der Waals surface area contributed by atoms with Gasteiger partial charge in [-0.15, -0.1) is 10.2 Å². The van der Waals surface area contributed by atoms with Crippen molar-refractivity contribution in [3.8, 4) is 23.3 Å². The second-order valence-corrected chi connectivity index (χ2v) is 7.05. The molecule has 12 heteroatoms. The molecule has 1 heterocycles. The van der Waals surface area contributed by atoms with Crippen LogP contribution in [0.25, 0.3) is 11.5 Å². The van der Waals surface area contributed by atoms with Gasteiger partial charge in [0.2, 0.25) is 11.8 Å². The van der Waals surface area contributed by atoms with Crippen LogP contribution in [0, 0.1) is 11.8 Å². The van der Waals surface area contributed by atoms with E-state index in [2.05, 4.69) is 27.4 Å². The van der Waals surface area contributed by atoms with Gasteiger partial charge < -0.3 is 19.9 Å². The molecule has 166 valence electrons. The number of hydrogen-bond acceptors (Lipinski definition) is 6. The van der Waals surface area contributed by atoms with Gasteiger partial charge in [-0.2, -0.15) is 13.2 Å². The number of aliphatic hydroxyl groups excluding tert-OH is 2. The maximum absolute atomic E-state index is 12.7. The Morgan fingerprint density at radius 1 is 1.16 bits per heavy atom. The highest BCUT2D eigenvalue weighted by Crippen LogP contribution is 2.35. The fourth-order valence-corrected chi connectivity index (χ4v) is 2.94. The van der Waals surface area contributed by atoms with E-state index in [9.17, 15) is 23.1 Å². The molecule has 0 aliphatic heterocycles. The molecule has 0 bridgehead atoms. The highest BCUT2D eigenvalue weighted by atomic mass is 35.5. The summed E-state index contributed by atoms with van der Waals surface area (Å²) in [6.45, 7) is -0.586. The Labute approximate surface area is 188 Å². The van der Waals surface area contributed by atoms with Gasteiger partial charge in [0.05, 0.1) is 22.2 Å². The van der Waals surface area contributed by atoms with Crippen LogP contribution in [0.3, 0.4) is 0 Å². The van der Waals surface area contributed by atoms with Crippen LogP contribution in [0.1, 0.15) is 23.1 Å². The Balaban J connectivity index is 1.72. The quantitative estimate of drug-likeness (QED) is 0.480. The third-order valence-electron chi connectivity index (χ3n) is 3.96. The average Bonchev–Trinajstić information content (AvgIpc) is 3.21. The number of amides is 1. The Morgan fingerprint density at radius 3 is 2.53 bits per heavy atom. The number of carbonyl (C=O) groups excluding carboxylic acids is 1. The first kappa shape index (κ1) is 23.6. The van der Waals surface area contributed by atoms with Gasteiger partial charge in [0.1, 0.15) is 0 Å². The zero-order chi connectivity index (χ0) is 23.5. The van der Waals surface area contributed by atoms with E-state index in [4.69, 9.17) is 32.7 Å². The molecule has 1 unspecified atom stereocenters. The fourth-order valence-electron chi connectivity index (χ4n) is 2.42. The molecule has 1 amide bonds. The third-order valence-corrected chi connectivity index (χ3v) is 4.58. The van der Waals surface area contributed by atoms with Crippen molar-refractivity contribution in [2.45, 2.75) is 12.3 Å². The number of halogens is 5. The van der Waals surface area contributed by atoms with Crippen LogP contribution < -0.4 is 5.32 Å². The predicted molar refractivity (Wildman–Crippen MR) is 109 cm³/mol. The zero-order valence-electron chi connectivity index (χ0n) is 15.7. The lowest BCUT2D eigenvalue weighted by Crippen LogP contribution is -2.10. The number of anilines is 1. The lowest BCUT2D eigenvalue weighted by Gasteiger charge is -2.10. The van der Waals surface area contributed by atoms with E-state index in [1.807, 2.05) is 0 Å². The van der Waals surface area contributed by atoms with Crippen molar-refractivity contribution in [3.63, 3.8) is 0 Å². The van der Waals surface area contributed by atoms with Gasteiger partial charge in [-0.3, -0.25) is 4.79 Å². The number of carbonyl (C=O) groups is 1. The molecule has 2 aromatic carbocycles. The molecule has 1 atom stereocenters. The third kappa shape index (κ3) is 5.57. The molecular formula is C20H12Cl2F3N3O4. The highest BCUT2D eigenvalue weighted by Gasteiger charge is 2.33. The first-order chi connectivity index (χ1) is 15.1. The number of aliphatic hydroxyl groups is 2. The van der Waals surface area contributed by atoms with E-state index in [0.717, 1.165) is 18.2 Å². The summed E-state index contributed by atoms with van der Waals surface area (Å²) in [5, 5.41) is 27.7. The second-order valence-electron chi connectivity index (χ2n) is 6.23. The molecule has 1 aromatic heterocycles. The first-order valence-electron chi connectivity index (χ1n) is 8.70. The molecule has 0 aliphatic carbocycles. The van der Waals surface area contributed by atoms with Crippen LogP contribution in [-0.2, 0) is 11.0 Å². The van der Waals surface area contributed by atoms with Crippen LogP contribution in [0.2, 0.25) is 10.0 Å². The van der Waals surface area contributed by atoms with Gasteiger partial charge in [0.25, 0.3) is 0 Å². The number of hydrogen-bond donors (Lipinski definition) is 3. The molecule has 32 heavy (non-hydrogen) atoms. The zero-order valence-corrected chi connectivity index (χ0v) is 17.3. The molecule has 7 nitrogen and oxygen atoms in total. The predicted octanol–water partition coefficient (Wildman–Crippen LogP) is 4.08. The Kier molecular flexibility index (Phi) is 7.06. The van der Waals surface area contributed by atoms with E-state index in [1.54, 1.807) is 0 Å². The maximum atomic E-state index is 12.7. The smallest absolute Gasteiger partial charge is 0.417 e. The van der Waals surface area contributed by atoms with Crippen molar-refractivity contribution in [2.24, 2.45) is 0 Å². The maximum Gasteiger partial charge on any atom is 0.417 e. The normalized spacial score (nSPS) is 12.1. The summed E-state index contributed by atoms with van der Waals surface area (Å²) in [4.78, 5) is 12.0. The van der Waals surface area contributed by atoms with Gasteiger partial charge in [0.15, 0.2) is 6.10 Å². The van der Waals surface area contributed by atoms with Crippen LogP contribution >= 0.6 is 23.2 Å². The number of benzene rings is 2. The number of aromatic nitrogens is 2. The molecule has 0 saturated carbocycles. The van der Waals surface area contributed by atoms with Gasteiger partial charge >= 0.3 is 12.1 Å². The summed E-state index contributed by atoms with van der Waals surface area (Å²) < 4.78 is 43.5. The molecule has 0 saturated heterocycles. The summed E-state index contributed by atoms with van der Waals surface area (Å²) in [5.74, 6) is 3.92. The van der Waals surface area contributed by atoms with Gasteiger partial charge in [0, 0.05) is 22.7 Å². The monoisotopic (exact) mass is 485 g/mol. The van der Waals surface area contributed by atoms with Crippen molar-refractivity contribution in [1.82, 2.24) is 10.2 Å². The SMILES string of the molecule is O=C(C#Cc1ccc(-c2nnc(C(O)CO)o2)cc1Cl)Nc1ccc(C(F)(F)F)c(Cl)c1. The van der Waals surface area contributed by atoms with Gasteiger partial charge in [-0.1, -0.05) is 29.1 Å². The van der Waals surface area contributed by atoms with Crippen molar-refractivity contribution < 1.29 is 32.6 Å². The standard InChI is InChI=1S/C20H12Cl2F3N3O4/c21-14-7-11(18-27-28-19(32-18)16(30)9-29)2-1-10(14)3-6-17(31)26-12-4-5-13(15(22)8-12)20(23,24)25/h1-2,4-5,7-8,16,29-30H,9H2,(H,26,31). The summed E-state index contributed by atoms with van der Waals surface area (Å²) in [7, 11) is 0. The Bertz CT molecular complexity index is 1220. The molecule has 3 aromatic rings. The number of rotatable bonds is 4. The van der Waals surface area contributed by atoms with Gasteiger partial charge in [-0.05, 0) is 36.4 Å². The van der Waals surface area contributed by atoms with Crippen LogP contribution in [-0.4, -0.2) is 32.9 Å². The summed E-state index contributed by atoms with van der Waals surface area (Å²) in [6, 6.07) is 7.25.